The first-order chi connectivity index (χ1) is 13.7. The van der Waals surface area contributed by atoms with Crippen LogP contribution in [0.5, 0.6) is 0 Å². The van der Waals surface area contributed by atoms with Crippen molar-refractivity contribution in [3.8, 4) is 11.6 Å². The molecule has 1 saturated heterocycles. The number of ether oxygens (including phenoxy) is 1. The lowest BCUT2D eigenvalue weighted by atomic mass is 9.98. The second-order valence-corrected chi connectivity index (χ2v) is 6.61. The average Bonchev–Trinajstić information content (AvgIpc) is 3.39. The molecule has 1 aliphatic heterocycles. The van der Waals surface area contributed by atoms with Gasteiger partial charge in [-0.05, 0) is 38.8 Å². The summed E-state index contributed by atoms with van der Waals surface area (Å²) in [6.45, 7) is 7.14. The molecular formula is C19H28N6O3. The highest BCUT2D eigenvalue weighted by Crippen LogP contribution is 2.18. The molecule has 3 rings (SSSR count). The maximum Gasteiger partial charge on any atom is 0.310 e. The second kappa shape index (κ2) is 9.91. The molecule has 1 aliphatic rings. The van der Waals surface area contributed by atoms with Gasteiger partial charge in [0.25, 0.3) is 0 Å². The summed E-state index contributed by atoms with van der Waals surface area (Å²) in [5.41, 5.74) is 0. The Labute approximate surface area is 164 Å². The number of piperidine rings is 1. The van der Waals surface area contributed by atoms with Crippen LogP contribution in [0.25, 0.3) is 11.6 Å². The second-order valence-electron chi connectivity index (χ2n) is 6.61. The van der Waals surface area contributed by atoms with E-state index in [0.717, 1.165) is 37.7 Å². The molecule has 0 amide bonds. The molecule has 3 heterocycles. The van der Waals surface area contributed by atoms with Crippen molar-refractivity contribution in [2.24, 2.45) is 10.9 Å². The first-order valence-corrected chi connectivity index (χ1v) is 9.86. The number of carbonyl (C=O) groups is 1. The van der Waals surface area contributed by atoms with E-state index in [2.05, 4.69) is 25.4 Å². The smallest absolute Gasteiger partial charge is 0.310 e. The van der Waals surface area contributed by atoms with Crippen molar-refractivity contribution in [1.82, 2.24) is 25.4 Å². The Morgan fingerprint density at radius 2 is 2.39 bits per heavy atom. The van der Waals surface area contributed by atoms with Gasteiger partial charge in [-0.3, -0.25) is 14.9 Å². The maximum absolute atomic E-state index is 12.1. The number of hydrogen-bond donors (Lipinski definition) is 2. The van der Waals surface area contributed by atoms with Crippen molar-refractivity contribution >= 4 is 11.9 Å². The minimum Gasteiger partial charge on any atom is -0.466 e. The van der Waals surface area contributed by atoms with Crippen LogP contribution in [0.2, 0.25) is 0 Å². The molecule has 2 aromatic heterocycles. The average molecular weight is 388 g/mol. The van der Waals surface area contributed by atoms with Gasteiger partial charge in [0.05, 0.1) is 18.8 Å². The van der Waals surface area contributed by atoms with Gasteiger partial charge in [0.2, 0.25) is 5.82 Å². The molecule has 152 valence electrons. The number of carbonyl (C=O) groups excluding carboxylic acids is 1. The van der Waals surface area contributed by atoms with E-state index in [9.17, 15) is 4.79 Å². The number of aliphatic imine (C=N–C) groups is 1. The number of rotatable bonds is 7. The normalized spacial score (nSPS) is 17.6. The molecule has 9 heteroatoms. The minimum absolute atomic E-state index is 0.0947. The molecule has 2 aromatic rings. The van der Waals surface area contributed by atoms with Gasteiger partial charge < -0.3 is 19.4 Å². The van der Waals surface area contributed by atoms with Gasteiger partial charge in [-0.25, -0.2) is 4.98 Å². The van der Waals surface area contributed by atoms with Crippen molar-refractivity contribution in [3.63, 3.8) is 0 Å². The van der Waals surface area contributed by atoms with Gasteiger partial charge >= 0.3 is 5.97 Å². The first-order valence-electron chi connectivity index (χ1n) is 9.86. The van der Waals surface area contributed by atoms with Crippen LogP contribution < -0.4 is 5.32 Å². The van der Waals surface area contributed by atoms with Crippen LogP contribution in [0.1, 0.15) is 32.5 Å². The summed E-state index contributed by atoms with van der Waals surface area (Å²) >= 11 is 0. The third kappa shape index (κ3) is 5.11. The summed E-state index contributed by atoms with van der Waals surface area (Å²) in [4.78, 5) is 23.4. The van der Waals surface area contributed by atoms with Crippen LogP contribution in [0, 0.1) is 5.92 Å². The fraction of sp³-hybridized carbons (Fsp3) is 0.579. The van der Waals surface area contributed by atoms with E-state index in [4.69, 9.17) is 14.1 Å². The van der Waals surface area contributed by atoms with Gasteiger partial charge in [-0.15, -0.1) is 0 Å². The highest BCUT2D eigenvalue weighted by Gasteiger charge is 2.28. The van der Waals surface area contributed by atoms with Crippen LogP contribution in [0.4, 0.5) is 0 Å². The third-order valence-corrected chi connectivity index (χ3v) is 4.56. The van der Waals surface area contributed by atoms with E-state index in [0.29, 0.717) is 37.7 Å². The highest BCUT2D eigenvalue weighted by atomic mass is 16.5. The Hall–Kier alpha value is -2.84. The van der Waals surface area contributed by atoms with Crippen molar-refractivity contribution in [2.45, 2.75) is 33.1 Å². The number of furan rings is 1. The summed E-state index contributed by atoms with van der Waals surface area (Å²) in [6.07, 6.45) is 4.04. The molecule has 0 aliphatic carbocycles. The summed E-state index contributed by atoms with van der Waals surface area (Å²) < 4.78 is 10.5. The fourth-order valence-corrected chi connectivity index (χ4v) is 3.24. The quantitative estimate of drug-likeness (QED) is 0.423. The zero-order chi connectivity index (χ0) is 19.8. The van der Waals surface area contributed by atoms with Gasteiger partial charge in [0.1, 0.15) is 5.82 Å². The third-order valence-electron chi connectivity index (χ3n) is 4.56. The largest absolute Gasteiger partial charge is 0.466 e. The predicted molar refractivity (Wildman–Crippen MR) is 105 cm³/mol. The van der Waals surface area contributed by atoms with E-state index in [1.807, 2.05) is 19.9 Å². The van der Waals surface area contributed by atoms with Crippen molar-refractivity contribution in [2.75, 3.05) is 32.8 Å². The Bertz CT molecular complexity index is 770. The molecule has 0 spiro atoms. The summed E-state index contributed by atoms with van der Waals surface area (Å²) in [6, 6.07) is 3.63. The number of nitrogens with zero attached hydrogens (tertiary/aromatic N) is 4. The van der Waals surface area contributed by atoms with E-state index in [1.54, 1.807) is 12.3 Å². The van der Waals surface area contributed by atoms with Crippen molar-refractivity contribution < 1.29 is 13.9 Å². The number of aromatic amines is 1. The lowest BCUT2D eigenvalue weighted by Gasteiger charge is -2.34. The first kappa shape index (κ1) is 19.9. The molecule has 0 radical (unpaired) electrons. The van der Waals surface area contributed by atoms with E-state index < -0.39 is 0 Å². The van der Waals surface area contributed by atoms with E-state index in [1.165, 1.54) is 0 Å². The minimum atomic E-state index is -0.116. The number of aromatic nitrogens is 3. The van der Waals surface area contributed by atoms with Gasteiger partial charge in [0, 0.05) is 32.6 Å². The van der Waals surface area contributed by atoms with Crippen LogP contribution in [0.3, 0.4) is 0 Å². The van der Waals surface area contributed by atoms with Gasteiger partial charge in [-0.2, -0.15) is 5.10 Å². The highest BCUT2D eigenvalue weighted by molar-refractivity contribution is 5.81. The predicted octanol–water partition coefficient (Wildman–Crippen LogP) is 1.85. The van der Waals surface area contributed by atoms with Crippen LogP contribution in [0.15, 0.2) is 27.8 Å². The standard InChI is InChI=1S/C19H28N6O3/c1-3-20-19(25-11-5-7-14(13-25)18(26)27-4-2)21-10-9-16-22-17(24-23-16)15-8-6-12-28-15/h6,8,12,14H,3-5,7,9-11,13H2,1-2H3,(H,20,21)(H,22,23,24). The number of esters is 1. The number of guanidine groups is 1. The number of nitrogens with one attached hydrogen (secondary N) is 2. The van der Waals surface area contributed by atoms with E-state index >= 15 is 0 Å². The van der Waals surface area contributed by atoms with Crippen molar-refractivity contribution in [1.29, 1.82) is 0 Å². The number of hydrogen-bond acceptors (Lipinski definition) is 6. The molecular weight excluding hydrogens is 360 g/mol. The molecule has 1 atom stereocenters. The molecule has 28 heavy (non-hydrogen) atoms. The van der Waals surface area contributed by atoms with Crippen LogP contribution in [-0.2, 0) is 16.0 Å². The number of likely N-dealkylation sites (tertiary alicyclic amines) is 1. The van der Waals surface area contributed by atoms with E-state index in [-0.39, 0.29) is 11.9 Å². The Balaban J connectivity index is 1.58. The van der Waals surface area contributed by atoms with Gasteiger partial charge in [-0.1, -0.05) is 0 Å². The van der Waals surface area contributed by atoms with Crippen LogP contribution in [-0.4, -0.2) is 64.8 Å². The molecule has 0 saturated carbocycles. The molecule has 2 N–H and O–H groups in total. The SMILES string of the molecule is CCNC(=NCCc1nc(-c2ccco2)n[nH]1)N1CCCC(C(=O)OCC)C1. The summed E-state index contributed by atoms with van der Waals surface area (Å²) in [5.74, 6) is 2.55. The lowest BCUT2D eigenvalue weighted by molar-refractivity contribution is -0.149. The zero-order valence-corrected chi connectivity index (χ0v) is 16.5. The molecule has 0 bridgehead atoms. The van der Waals surface area contributed by atoms with Crippen molar-refractivity contribution in [3.05, 3.63) is 24.2 Å². The molecule has 1 unspecified atom stereocenters. The maximum atomic E-state index is 12.1. The molecule has 9 nitrogen and oxygen atoms in total. The fourth-order valence-electron chi connectivity index (χ4n) is 3.24. The zero-order valence-electron chi connectivity index (χ0n) is 16.5. The Kier molecular flexibility index (Phi) is 7.05. The number of H-pyrrole nitrogens is 1. The lowest BCUT2D eigenvalue weighted by Crippen LogP contribution is -2.48. The monoisotopic (exact) mass is 388 g/mol. The summed E-state index contributed by atoms with van der Waals surface area (Å²) in [7, 11) is 0. The topological polar surface area (TPSA) is 109 Å². The Morgan fingerprint density at radius 3 is 3.14 bits per heavy atom. The van der Waals surface area contributed by atoms with Crippen LogP contribution >= 0.6 is 0 Å². The van der Waals surface area contributed by atoms with Gasteiger partial charge in [0.15, 0.2) is 11.7 Å². The summed E-state index contributed by atoms with van der Waals surface area (Å²) in [5, 5.41) is 10.4. The molecule has 1 fully saturated rings. The Morgan fingerprint density at radius 1 is 1.50 bits per heavy atom. The molecule has 0 aromatic carbocycles.